The number of para-hydroxylation sites is 1. The predicted molar refractivity (Wildman–Crippen MR) is 91.2 cm³/mol. The normalized spacial score (nSPS) is 10.3. The molecule has 0 unspecified atom stereocenters. The van der Waals surface area contributed by atoms with Crippen LogP contribution >= 0.6 is 22.9 Å². The third kappa shape index (κ3) is 4.06. The van der Waals surface area contributed by atoms with Gasteiger partial charge in [-0.1, -0.05) is 41.7 Å². The van der Waals surface area contributed by atoms with Gasteiger partial charge in [0, 0.05) is 5.56 Å². The predicted octanol–water partition coefficient (Wildman–Crippen LogP) is 4.17. The maximum Gasteiger partial charge on any atom is 0.241 e. The molecule has 3 aromatic rings. The van der Waals surface area contributed by atoms with Crippen LogP contribution < -0.4 is 10.1 Å². The zero-order valence-corrected chi connectivity index (χ0v) is 13.5. The van der Waals surface area contributed by atoms with Gasteiger partial charge in [-0.3, -0.25) is 10.1 Å². The van der Waals surface area contributed by atoms with Crippen LogP contribution in [0.4, 0.5) is 5.13 Å². The van der Waals surface area contributed by atoms with E-state index < -0.39 is 0 Å². The standard InChI is InChI=1S/C16H12ClN3O2S/c17-10-14(21)18-16-20-19-15(23-16)11-5-4-8-13(9-11)22-12-6-2-1-3-7-12/h1-9H,10H2,(H,18,20,21). The summed E-state index contributed by atoms with van der Waals surface area (Å²) in [6, 6.07) is 17.1. The lowest BCUT2D eigenvalue weighted by Gasteiger charge is -2.06. The lowest BCUT2D eigenvalue weighted by atomic mass is 10.2. The number of halogens is 1. The number of anilines is 1. The number of rotatable bonds is 5. The van der Waals surface area contributed by atoms with Crippen molar-refractivity contribution in [3.63, 3.8) is 0 Å². The van der Waals surface area contributed by atoms with Crippen molar-refractivity contribution in [3.8, 4) is 22.1 Å². The SMILES string of the molecule is O=C(CCl)Nc1nnc(-c2cccc(Oc3ccccc3)c2)s1. The molecule has 116 valence electrons. The van der Waals surface area contributed by atoms with Gasteiger partial charge in [-0.25, -0.2) is 0 Å². The molecule has 1 aromatic heterocycles. The summed E-state index contributed by atoms with van der Waals surface area (Å²) >= 11 is 6.73. The Morgan fingerprint density at radius 2 is 1.87 bits per heavy atom. The quantitative estimate of drug-likeness (QED) is 0.705. The first kappa shape index (κ1) is 15.5. The van der Waals surface area contributed by atoms with Gasteiger partial charge in [-0.15, -0.1) is 21.8 Å². The minimum Gasteiger partial charge on any atom is -0.457 e. The molecule has 0 saturated carbocycles. The maximum absolute atomic E-state index is 11.3. The van der Waals surface area contributed by atoms with E-state index in [1.807, 2.05) is 54.6 Å². The van der Waals surface area contributed by atoms with Gasteiger partial charge in [0.15, 0.2) is 0 Å². The van der Waals surface area contributed by atoms with Crippen molar-refractivity contribution in [1.29, 1.82) is 0 Å². The van der Waals surface area contributed by atoms with Gasteiger partial charge in [0.05, 0.1) is 0 Å². The minimum atomic E-state index is -0.310. The lowest BCUT2D eigenvalue weighted by Crippen LogP contribution is -2.12. The van der Waals surface area contributed by atoms with Crippen LogP contribution in [0.2, 0.25) is 0 Å². The van der Waals surface area contributed by atoms with Crippen molar-refractivity contribution >= 4 is 34.0 Å². The van der Waals surface area contributed by atoms with Crippen molar-refractivity contribution in [2.45, 2.75) is 0 Å². The number of amides is 1. The van der Waals surface area contributed by atoms with Gasteiger partial charge in [0.1, 0.15) is 22.4 Å². The molecular formula is C16H12ClN3O2S. The Morgan fingerprint density at radius 1 is 1.09 bits per heavy atom. The smallest absolute Gasteiger partial charge is 0.241 e. The Hall–Kier alpha value is -2.44. The zero-order chi connectivity index (χ0) is 16.1. The van der Waals surface area contributed by atoms with Crippen molar-refractivity contribution in [3.05, 3.63) is 54.6 Å². The zero-order valence-electron chi connectivity index (χ0n) is 11.9. The van der Waals surface area contributed by atoms with Crippen LogP contribution in [-0.2, 0) is 4.79 Å². The summed E-state index contributed by atoms with van der Waals surface area (Å²) in [4.78, 5) is 11.3. The number of ether oxygens (including phenoxy) is 1. The fourth-order valence-corrected chi connectivity index (χ4v) is 2.68. The van der Waals surface area contributed by atoms with E-state index in [0.717, 1.165) is 11.3 Å². The molecule has 0 fully saturated rings. The summed E-state index contributed by atoms with van der Waals surface area (Å²) in [6.07, 6.45) is 0. The summed E-state index contributed by atoms with van der Waals surface area (Å²) in [7, 11) is 0. The summed E-state index contributed by atoms with van der Waals surface area (Å²) in [5, 5.41) is 11.7. The fourth-order valence-electron chi connectivity index (χ4n) is 1.86. The molecule has 5 nitrogen and oxygen atoms in total. The highest BCUT2D eigenvalue weighted by Crippen LogP contribution is 2.30. The van der Waals surface area contributed by atoms with Crippen LogP contribution in [0.1, 0.15) is 0 Å². The van der Waals surface area contributed by atoms with Crippen LogP contribution in [0, 0.1) is 0 Å². The first-order chi connectivity index (χ1) is 11.2. The van der Waals surface area contributed by atoms with Gasteiger partial charge in [-0.05, 0) is 24.3 Å². The number of hydrogen-bond acceptors (Lipinski definition) is 5. The van der Waals surface area contributed by atoms with Gasteiger partial charge >= 0.3 is 0 Å². The molecule has 0 radical (unpaired) electrons. The highest BCUT2D eigenvalue weighted by atomic mass is 35.5. The highest BCUT2D eigenvalue weighted by Gasteiger charge is 2.10. The number of benzene rings is 2. The molecule has 2 aromatic carbocycles. The van der Waals surface area contributed by atoms with E-state index in [0.29, 0.717) is 15.9 Å². The molecule has 0 aliphatic heterocycles. The number of carbonyl (C=O) groups is 1. The number of alkyl halides is 1. The third-order valence-electron chi connectivity index (χ3n) is 2.85. The Bertz CT molecular complexity index is 808. The van der Waals surface area contributed by atoms with Crippen LogP contribution in [0.15, 0.2) is 54.6 Å². The van der Waals surface area contributed by atoms with E-state index in [4.69, 9.17) is 16.3 Å². The Kier molecular flexibility index (Phi) is 4.85. The molecule has 7 heteroatoms. The van der Waals surface area contributed by atoms with Crippen molar-refractivity contribution in [1.82, 2.24) is 10.2 Å². The van der Waals surface area contributed by atoms with Gasteiger partial charge in [0.25, 0.3) is 0 Å². The molecule has 1 heterocycles. The average Bonchev–Trinajstić information content (AvgIpc) is 3.04. The molecule has 0 spiro atoms. The second kappa shape index (κ2) is 7.21. The number of nitrogens with zero attached hydrogens (tertiary/aromatic N) is 2. The summed E-state index contributed by atoms with van der Waals surface area (Å²) in [6.45, 7) is 0. The van der Waals surface area contributed by atoms with Gasteiger partial charge in [0.2, 0.25) is 11.0 Å². The summed E-state index contributed by atoms with van der Waals surface area (Å²) in [5.41, 5.74) is 0.863. The largest absolute Gasteiger partial charge is 0.457 e. The molecule has 23 heavy (non-hydrogen) atoms. The minimum absolute atomic E-state index is 0.116. The maximum atomic E-state index is 11.3. The first-order valence-electron chi connectivity index (χ1n) is 6.77. The van der Waals surface area contributed by atoms with Gasteiger partial charge in [-0.2, -0.15) is 0 Å². The summed E-state index contributed by atoms with van der Waals surface area (Å²) < 4.78 is 5.80. The van der Waals surface area contributed by atoms with Crippen molar-refractivity contribution < 1.29 is 9.53 Å². The van der Waals surface area contributed by atoms with Gasteiger partial charge < -0.3 is 4.74 Å². The molecule has 1 N–H and O–H groups in total. The van der Waals surface area contributed by atoms with E-state index in [-0.39, 0.29) is 11.8 Å². The number of nitrogens with one attached hydrogen (secondary N) is 1. The number of aromatic nitrogens is 2. The van der Waals surface area contributed by atoms with E-state index in [2.05, 4.69) is 15.5 Å². The van der Waals surface area contributed by atoms with Crippen molar-refractivity contribution in [2.24, 2.45) is 0 Å². The molecule has 0 atom stereocenters. The molecule has 1 amide bonds. The Labute approximate surface area is 141 Å². The van der Waals surface area contributed by atoms with Crippen LogP contribution in [0.3, 0.4) is 0 Å². The number of hydrogen-bond donors (Lipinski definition) is 1. The molecule has 3 rings (SSSR count). The second-order valence-corrected chi connectivity index (χ2v) is 5.78. The Balaban J connectivity index is 1.78. The van der Waals surface area contributed by atoms with Crippen LogP contribution in [-0.4, -0.2) is 22.0 Å². The van der Waals surface area contributed by atoms with E-state index in [1.54, 1.807) is 0 Å². The topological polar surface area (TPSA) is 64.1 Å². The fraction of sp³-hybridized carbons (Fsp3) is 0.0625. The molecule has 0 aliphatic carbocycles. The monoisotopic (exact) mass is 345 g/mol. The van der Waals surface area contributed by atoms with Crippen LogP contribution in [0.5, 0.6) is 11.5 Å². The molecular weight excluding hydrogens is 334 g/mol. The lowest BCUT2D eigenvalue weighted by molar-refractivity contribution is -0.113. The van der Waals surface area contributed by atoms with Crippen molar-refractivity contribution in [2.75, 3.05) is 11.2 Å². The first-order valence-corrected chi connectivity index (χ1v) is 8.12. The second-order valence-electron chi connectivity index (χ2n) is 4.54. The Morgan fingerprint density at radius 3 is 2.65 bits per heavy atom. The van der Waals surface area contributed by atoms with E-state index in [1.165, 1.54) is 11.3 Å². The third-order valence-corrected chi connectivity index (χ3v) is 3.98. The molecule has 0 bridgehead atoms. The molecule has 0 saturated heterocycles. The van der Waals surface area contributed by atoms with E-state index in [9.17, 15) is 4.79 Å². The molecule has 0 aliphatic rings. The average molecular weight is 346 g/mol. The highest BCUT2D eigenvalue weighted by molar-refractivity contribution is 7.18. The van der Waals surface area contributed by atoms with E-state index >= 15 is 0 Å². The summed E-state index contributed by atoms with van der Waals surface area (Å²) in [5.74, 6) is 1.04. The van der Waals surface area contributed by atoms with Crippen LogP contribution in [0.25, 0.3) is 10.6 Å². The number of carbonyl (C=O) groups excluding carboxylic acids is 1.